The Morgan fingerprint density at radius 2 is 1.91 bits per heavy atom. The maximum atomic E-state index is 13.3. The van der Waals surface area contributed by atoms with Gasteiger partial charge in [-0.05, 0) is 45.7 Å². The van der Waals surface area contributed by atoms with Crippen molar-refractivity contribution < 1.29 is 9.53 Å². The first-order valence-electron chi connectivity index (χ1n) is 11.2. The first-order valence-corrected chi connectivity index (χ1v) is 11.2. The third-order valence-corrected chi connectivity index (χ3v) is 6.69. The van der Waals surface area contributed by atoms with Crippen molar-refractivity contribution in [1.82, 2.24) is 19.8 Å². The fourth-order valence-corrected chi connectivity index (χ4v) is 4.69. The standard InChI is InChI=1S/C26H32N4O2/c1-17-15-27-24(18(2)25(17)32-5)16-30-12-10-21(11-13-30)29(4)26(31)22-14-20-8-6-7-9-23(20)28-19(22)3/h6-9,14-15,21H,10-13,16H2,1-5H3. The normalized spacial score (nSPS) is 15.2. The minimum absolute atomic E-state index is 0.0555. The highest BCUT2D eigenvalue weighted by molar-refractivity contribution is 5.98. The summed E-state index contributed by atoms with van der Waals surface area (Å²) in [6, 6.07) is 10.1. The molecule has 0 aliphatic carbocycles. The van der Waals surface area contributed by atoms with Gasteiger partial charge in [-0.2, -0.15) is 0 Å². The smallest absolute Gasteiger partial charge is 0.255 e. The van der Waals surface area contributed by atoms with Gasteiger partial charge in [0.25, 0.3) is 5.91 Å². The summed E-state index contributed by atoms with van der Waals surface area (Å²) in [6.07, 6.45) is 3.79. The largest absolute Gasteiger partial charge is 0.496 e. The fourth-order valence-electron chi connectivity index (χ4n) is 4.69. The summed E-state index contributed by atoms with van der Waals surface area (Å²) in [6.45, 7) is 8.70. The van der Waals surface area contributed by atoms with Crippen LogP contribution < -0.4 is 4.74 Å². The van der Waals surface area contributed by atoms with E-state index in [-0.39, 0.29) is 11.9 Å². The Hall–Kier alpha value is -2.99. The highest BCUT2D eigenvalue weighted by atomic mass is 16.5. The number of fused-ring (bicyclic) bond motifs is 1. The van der Waals surface area contributed by atoms with Crippen molar-refractivity contribution in [3.8, 4) is 5.75 Å². The number of hydrogen-bond acceptors (Lipinski definition) is 5. The van der Waals surface area contributed by atoms with Gasteiger partial charge in [-0.3, -0.25) is 19.7 Å². The highest BCUT2D eigenvalue weighted by Crippen LogP contribution is 2.26. The van der Waals surface area contributed by atoms with Crippen molar-refractivity contribution in [2.75, 3.05) is 27.2 Å². The molecule has 3 heterocycles. The van der Waals surface area contributed by atoms with Crippen molar-refractivity contribution in [1.29, 1.82) is 0 Å². The SMILES string of the molecule is COc1c(C)cnc(CN2CCC(N(C)C(=O)c3cc4ccccc4nc3C)CC2)c1C. The van der Waals surface area contributed by atoms with Crippen molar-refractivity contribution in [3.63, 3.8) is 0 Å². The Bertz CT molecular complexity index is 1140. The van der Waals surface area contributed by atoms with Gasteiger partial charge in [0.05, 0.1) is 29.6 Å². The zero-order valence-corrected chi connectivity index (χ0v) is 19.7. The van der Waals surface area contributed by atoms with E-state index in [0.29, 0.717) is 5.56 Å². The number of pyridine rings is 2. The predicted molar refractivity (Wildman–Crippen MR) is 127 cm³/mol. The molecule has 1 aliphatic rings. The number of piperidine rings is 1. The van der Waals surface area contributed by atoms with Gasteiger partial charge in [-0.1, -0.05) is 18.2 Å². The molecule has 0 atom stereocenters. The lowest BCUT2D eigenvalue weighted by Gasteiger charge is -2.37. The molecule has 0 unspecified atom stereocenters. The van der Waals surface area contributed by atoms with Crippen LogP contribution in [0.3, 0.4) is 0 Å². The molecule has 1 aromatic carbocycles. The molecule has 1 amide bonds. The van der Waals surface area contributed by atoms with Crippen molar-refractivity contribution >= 4 is 16.8 Å². The number of amides is 1. The number of benzene rings is 1. The Morgan fingerprint density at radius 1 is 1.19 bits per heavy atom. The van der Waals surface area contributed by atoms with Gasteiger partial charge < -0.3 is 9.64 Å². The summed E-state index contributed by atoms with van der Waals surface area (Å²) in [5.41, 5.74) is 5.64. The van der Waals surface area contributed by atoms with Gasteiger partial charge in [0.1, 0.15) is 5.75 Å². The van der Waals surface area contributed by atoms with E-state index in [1.165, 1.54) is 0 Å². The van der Waals surface area contributed by atoms with Crippen LogP contribution in [0.1, 0.15) is 45.7 Å². The molecule has 0 saturated carbocycles. The van der Waals surface area contributed by atoms with Gasteiger partial charge in [0.2, 0.25) is 0 Å². The number of para-hydroxylation sites is 1. The van der Waals surface area contributed by atoms with Crippen LogP contribution in [0.2, 0.25) is 0 Å². The zero-order valence-electron chi connectivity index (χ0n) is 19.7. The first-order chi connectivity index (χ1) is 15.4. The molecule has 1 aliphatic heterocycles. The van der Waals surface area contributed by atoms with E-state index >= 15 is 0 Å². The number of rotatable bonds is 5. The van der Waals surface area contributed by atoms with E-state index in [9.17, 15) is 4.79 Å². The monoisotopic (exact) mass is 432 g/mol. The molecule has 2 aromatic heterocycles. The van der Waals surface area contributed by atoms with E-state index < -0.39 is 0 Å². The summed E-state index contributed by atoms with van der Waals surface area (Å²) in [5.74, 6) is 0.981. The maximum absolute atomic E-state index is 13.3. The number of likely N-dealkylation sites (tertiary alicyclic amines) is 1. The first kappa shape index (κ1) is 22.2. The molecule has 0 N–H and O–H groups in total. The molecular weight excluding hydrogens is 400 g/mol. The number of hydrogen-bond donors (Lipinski definition) is 0. The number of methoxy groups -OCH3 is 1. The summed E-state index contributed by atoms with van der Waals surface area (Å²) in [5, 5.41) is 1.00. The Morgan fingerprint density at radius 3 is 2.62 bits per heavy atom. The van der Waals surface area contributed by atoms with E-state index in [0.717, 1.165) is 71.6 Å². The molecule has 0 radical (unpaired) electrons. The average Bonchev–Trinajstić information content (AvgIpc) is 2.80. The van der Waals surface area contributed by atoms with Gasteiger partial charge in [0.15, 0.2) is 0 Å². The number of carbonyl (C=O) groups is 1. The Balaban J connectivity index is 1.41. The minimum atomic E-state index is 0.0555. The molecule has 0 bridgehead atoms. The molecule has 1 saturated heterocycles. The number of aryl methyl sites for hydroxylation is 2. The minimum Gasteiger partial charge on any atom is -0.496 e. The van der Waals surface area contributed by atoms with E-state index in [4.69, 9.17) is 4.74 Å². The van der Waals surface area contributed by atoms with Crippen LogP contribution in [0.25, 0.3) is 10.9 Å². The quantitative estimate of drug-likeness (QED) is 0.602. The molecule has 32 heavy (non-hydrogen) atoms. The van der Waals surface area contributed by atoms with Crippen LogP contribution in [0.4, 0.5) is 0 Å². The van der Waals surface area contributed by atoms with Crippen LogP contribution in [0.15, 0.2) is 36.5 Å². The van der Waals surface area contributed by atoms with Gasteiger partial charge in [0, 0.05) is 55.4 Å². The molecular formula is C26H32N4O2. The lowest BCUT2D eigenvalue weighted by Crippen LogP contribution is -2.45. The highest BCUT2D eigenvalue weighted by Gasteiger charge is 2.27. The van der Waals surface area contributed by atoms with E-state index in [2.05, 4.69) is 21.8 Å². The second-order valence-corrected chi connectivity index (χ2v) is 8.78. The van der Waals surface area contributed by atoms with Crippen molar-refractivity contribution in [2.24, 2.45) is 0 Å². The lowest BCUT2D eigenvalue weighted by atomic mass is 10.0. The molecule has 6 nitrogen and oxygen atoms in total. The van der Waals surface area contributed by atoms with E-state index in [1.807, 2.05) is 62.3 Å². The van der Waals surface area contributed by atoms with Crippen LogP contribution >= 0.6 is 0 Å². The molecule has 168 valence electrons. The van der Waals surface area contributed by atoms with Gasteiger partial charge >= 0.3 is 0 Å². The summed E-state index contributed by atoms with van der Waals surface area (Å²) in [4.78, 5) is 26.9. The Labute approximate surface area is 190 Å². The second-order valence-electron chi connectivity index (χ2n) is 8.78. The third-order valence-electron chi connectivity index (χ3n) is 6.69. The summed E-state index contributed by atoms with van der Waals surface area (Å²) >= 11 is 0. The van der Waals surface area contributed by atoms with E-state index in [1.54, 1.807) is 7.11 Å². The lowest BCUT2D eigenvalue weighted by molar-refractivity contribution is 0.0634. The third kappa shape index (κ3) is 4.32. The maximum Gasteiger partial charge on any atom is 0.255 e. The fraction of sp³-hybridized carbons (Fsp3) is 0.423. The topological polar surface area (TPSA) is 58.6 Å². The average molecular weight is 433 g/mol. The number of ether oxygens (including phenoxy) is 1. The number of aromatic nitrogens is 2. The number of nitrogens with zero attached hydrogens (tertiary/aromatic N) is 4. The van der Waals surface area contributed by atoms with Crippen molar-refractivity contribution in [3.05, 3.63) is 64.6 Å². The summed E-state index contributed by atoms with van der Waals surface area (Å²) < 4.78 is 5.55. The summed E-state index contributed by atoms with van der Waals surface area (Å²) in [7, 11) is 3.64. The zero-order chi connectivity index (χ0) is 22.8. The molecule has 4 rings (SSSR count). The molecule has 6 heteroatoms. The van der Waals surface area contributed by atoms with Crippen LogP contribution in [-0.4, -0.2) is 59.0 Å². The number of carbonyl (C=O) groups excluding carboxylic acids is 1. The van der Waals surface area contributed by atoms with Crippen LogP contribution in [-0.2, 0) is 6.54 Å². The predicted octanol–water partition coefficient (Wildman–Crippen LogP) is 4.30. The van der Waals surface area contributed by atoms with Crippen LogP contribution in [0, 0.1) is 20.8 Å². The molecule has 0 spiro atoms. The second kappa shape index (κ2) is 9.25. The Kier molecular flexibility index (Phi) is 6.42. The molecule has 1 fully saturated rings. The van der Waals surface area contributed by atoms with Gasteiger partial charge in [-0.25, -0.2) is 0 Å². The molecule has 3 aromatic rings. The van der Waals surface area contributed by atoms with Crippen LogP contribution in [0.5, 0.6) is 5.75 Å². The van der Waals surface area contributed by atoms with Gasteiger partial charge in [-0.15, -0.1) is 0 Å². The van der Waals surface area contributed by atoms with Crippen molar-refractivity contribution in [2.45, 2.75) is 46.2 Å².